The van der Waals surface area contributed by atoms with Gasteiger partial charge in [-0.3, -0.25) is 0 Å². The summed E-state index contributed by atoms with van der Waals surface area (Å²) in [5.41, 5.74) is 0.794. The van der Waals surface area contributed by atoms with Gasteiger partial charge in [0.1, 0.15) is 5.75 Å². The second kappa shape index (κ2) is 7.37. The second-order valence-corrected chi connectivity index (χ2v) is 3.92. The molecule has 0 atom stereocenters. The fourth-order valence-corrected chi connectivity index (χ4v) is 1.78. The van der Waals surface area contributed by atoms with Gasteiger partial charge in [-0.05, 0) is 25.1 Å². The molecule has 0 heterocycles. The van der Waals surface area contributed by atoms with Crippen molar-refractivity contribution in [2.24, 2.45) is 0 Å². The third kappa shape index (κ3) is 4.07. The van der Waals surface area contributed by atoms with Crippen LogP contribution in [0.2, 0.25) is 5.02 Å². The van der Waals surface area contributed by atoms with Crippen LogP contribution in [-0.2, 0) is 0 Å². The highest BCUT2D eigenvalue weighted by Gasteiger charge is 2.12. The van der Waals surface area contributed by atoms with Gasteiger partial charge in [-0.25, -0.2) is 0 Å². The van der Waals surface area contributed by atoms with E-state index in [9.17, 15) is 0 Å². The van der Waals surface area contributed by atoms with Crippen molar-refractivity contribution in [3.8, 4) is 5.75 Å². The van der Waals surface area contributed by atoms with Crippen LogP contribution in [0, 0.1) is 0 Å². The third-order valence-electron chi connectivity index (χ3n) is 2.30. The van der Waals surface area contributed by atoms with Gasteiger partial charge in [0.15, 0.2) is 0 Å². The Morgan fingerprint density at radius 3 is 2.41 bits per heavy atom. The van der Waals surface area contributed by atoms with Crippen molar-refractivity contribution in [3.05, 3.63) is 23.2 Å². The van der Waals surface area contributed by atoms with E-state index in [1.165, 1.54) is 0 Å². The maximum atomic E-state index is 9.02. The Balaban J connectivity index is 3.00. The first-order valence-corrected chi connectivity index (χ1v) is 5.99. The van der Waals surface area contributed by atoms with Crippen LogP contribution in [0.1, 0.15) is 6.92 Å². The van der Waals surface area contributed by atoms with Crippen molar-refractivity contribution in [3.63, 3.8) is 0 Å². The molecule has 0 saturated carbocycles. The molecule has 2 N–H and O–H groups in total. The molecular weight excluding hydrogens is 242 g/mol. The van der Waals surface area contributed by atoms with Gasteiger partial charge in [-0.15, -0.1) is 0 Å². The van der Waals surface area contributed by atoms with Crippen LogP contribution in [0.5, 0.6) is 5.75 Å². The molecule has 0 fully saturated rings. The highest BCUT2D eigenvalue weighted by molar-refractivity contribution is 6.30. The molecule has 1 rings (SSSR count). The van der Waals surface area contributed by atoms with Gasteiger partial charge < -0.3 is 19.8 Å². The predicted molar refractivity (Wildman–Crippen MR) is 69.0 cm³/mol. The van der Waals surface area contributed by atoms with E-state index in [-0.39, 0.29) is 13.2 Å². The number of nitrogens with zero attached hydrogens (tertiary/aromatic N) is 1. The number of hydrogen-bond donors (Lipinski definition) is 2. The highest BCUT2D eigenvalue weighted by Crippen LogP contribution is 2.31. The number of rotatable bonds is 7. The molecule has 96 valence electrons. The molecule has 0 bridgehead atoms. The van der Waals surface area contributed by atoms with Crippen LogP contribution in [0.3, 0.4) is 0 Å². The summed E-state index contributed by atoms with van der Waals surface area (Å²) in [5.74, 6) is 0.707. The lowest BCUT2D eigenvalue weighted by Crippen LogP contribution is -2.30. The van der Waals surface area contributed by atoms with Crippen molar-refractivity contribution in [2.75, 3.05) is 37.8 Å². The monoisotopic (exact) mass is 259 g/mol. The van der Waals surface area contributed by atoms with E-state index >= 15 is 0 Å². The summed E-state index contributed by atoms with van der Waals surface area (Å²) in [4.78, 5) is 1.84. The first-order valence-electron chi connectivity index (χ1n) is 5.62. The maximum Gasteiger partial charge on any atom is 0.142 e. The molecular formula is C12H18ClNO3. The number of halogens is 1. The molecule has 1 aromatic rings. The van der Waals surface area contributed by atoms with Gasteiger partial charge in [-0.1, -0.05) is 11.6 Å². The molecule has 0 aromatic heterocycles. The van der Waals surface area contributed by atoms with Crippen LogP contribution >= 0.6 is 11.6 Å². The largest absolute Gasteiger partial charge is 0.492 e. The van der Waals surface area contributed by atoms with Crippen molar-refractivity contribution >= 4 is 17.3 Å². The fraction of sp³-hybridized carbons (Fsp3) is 0.500. The van der Waals surface area contributed by atoms with Crippen molar-refractivity contribution in [1.29, 1.82) is 0 Å². The number of ether oxygens (including phenoxy) is 1. The molecule has 5 heteroatoms. The van der Waals surface area contributed by atoms with E-state index in [2.05, 4.69) is 0 Å². The molecule has 0 amide bonds. The van der Waals surface area contributed by atoms with Crippen LogP contribution in [0.15, 0.2) is 18.2 Å². The normalized spacial score (nSPS) is 10.4. The van der Waals surface area contributed by atoms with Crippen LogP contribution < -0.4 is 9.64 Å². The van der Waals surface area contributed by atoms with Crippen molar-refractivity contribution in [2.45, 2.75) is 6.92 Å². The molecule has 0 radical (unpaired) electrons. The van der Waals surface area contributed by atoms with E-state index in [0.29, 0.717) is 30.5 Å². The summed E-state index contributed by atoms with van der Waals surface area (Å²) in [6.45, 7) is 3.35. The predicted octanol–water partition coefficient (Wildman–Crippen LogP) is 1.53. The Kier molecular flexibility index (Phi) is 6.11. The topological polar surface area (TPSA) is 52.9 Å². The smallest absolute Gasteiger partial charge is 0.142 e. The van der Waals surface area contributed by atoms with Crippen LogP contribution in [0.4, 0.5) is 5.69 Å². The van der Waals surface area contributed by atoms with E-state index in [4.69, 9.17) is 26.6 Å². The van der Waals surface area contributed by atoms with Crippen LogP contribution in [0.25, 0.3) is 0 Å². The Labute approximate surface area is 106 Å². The summed E-state index contributed by atoms with van der Waals surface area (Å²) in [7, 11) is 0. The lowest BCUT2D eigenvalue weighted by atomic mass is 10.2. The minimum Gasteiger partial charge on any atom is -0.492 e. The zero-order chi connectivity index (χ0) is 12.7. The standard InChI is InChI=1S/C12H18ClNO3/c1-2-17-12-4-3-10(13)9-11(12)14(5-7-15)6-8-16/h3-4,9,15-16H,2,5-8H2,1H3. The molecule has 0 aliphatic heterocycles. The first-order chi connectivity index (χ1) is 8.22. The molecule has 0 saturated heterocycles. The summed E-state index contributed by atoms with van der Waals surface area (Å²) in [6.07, 6.45) is 0. The Bertz CT molecular complexity index is 341. The minimum absolute atomic E-state index is 0.0120. The van der Waals surface area contributed by atoms with Gasteiger partial charge >= 0.3 is 0 Å². The van der Waals surface area contributed by atoms with Gasteiger partial charge in [0, 0.05) is 18.1 Å². The zero-order valence-corrected chi connectivity index (χ0v) is 10.7. The molecule has 0 unspecified atom stereocenters. The zero-order valence-electron chi connectivity index (χ0n) is 9.90. The number of hydrogen-bond acceptors (Lipinski definition) is 4. The van der Waals surface area contributed by atoms with Gasteiger partial charge in [-0.2, -0.15) is 0 Å². The summed E-state index contributed by atoms with van der Waals surface area (Å²) < 4.78 is 5.50. The Morgan fingerprint density at radius 1 is 1.24 bits per heavy atom. The van der Waals surface area contributed by atoms with E-state index in [1.807, 2.05) is 11.8 Å². The lowest BCUT2D eigenvalue weighted by Gasteiger charge is -2.25. The first kappa shape index (κ1) is 14.1. The molecule has 17 heavy (non-hydrogen) atoms. The van der Waals surface area contributed by atoms with E-state index < -0.39 is 0 Å². The number of aliphatic hydroxyl groups excluding tert-OH is 2. The molecule has 0 spiro atoms. The number of aliphatic hydroxyl groups is 2. The van der Waals surface area contributed by atoms with Crippen molar-refractivity contribution < 1.29 is 14.9 Å². The highest BCUT2D eigenvalue weighted by atomic mass is 35.5. The summed E-state index contributed by atoms with van der Waals surface area (Å²) >= 11 is 5.95. The van der Waals surface area contributed by atoms with Crippen molar-refractivity contribution in [1.82, 2.24) is 0 Å². The minimum atomic E-state index is 0.0120. The second-order valence-electron chi connectivity index (χ2n) is 3.48. The molecule has 1 aromatic carbocycles. The maximum absolute atomic E-state index is 9.02. The molecule has 4 nitrogen and oxygen atoms in total. The Hall–Kier alpha value is -0.970. The average Bonchev–Trinajstić information content (AvgIpc) is 2.31. The molecule has 0 aliphatic rings. The SMILES string of the molecule is CCOc1ccc(Cl)cc1N(CCO)CCO. The van der Waals surface area contributed by atoms with Gasteiger partial charge in [0.25, 0.3) is 0 Å². The van der Waals surface area contributed by atoms with E-state index in [0.717, 1.165) is 5.69 Å². The summed E-state index contributed by atoms with van der Waals surface area (Å²) in [6, 6.07) is 5.33. The van der Waals surface area contributed by atoms with Gasteiger partial charge in [0.2, 0.25) is 0 Å². The molecule has 0 aliphatic carbocycles. The quantitative estimate of drug-likeness (QED) is 0.780. The average molecular weight is 260 g/mol. The lowest BCUT2D eigenvalue weighted by molar-refractivity contribution is 0.279. The Morgan fingerprint density at radius 2 is 1.88 bits per heavy atom. The van der Waals surface area contributed by atoms with Crippen LogP contribution in [-0.4, -0.2) is 43.1 Å². The third-order valence-corrected chi connectivity index (χ3v) is 2.54. The van der Waals surface area contributed by atoms with Gasteiger partial charge in [0.05, 0.1) is 25.5 Å². The van der Waals surface area contributed by atoms with E-state index in [1.54, 1.807) is 18.2 Å². The fourth-order valence-electron chi connectivity index (χ4n) is 1.61. The number of benzene rings is 1. The summed E-state index contributed by atoms with van der Waals surface area (Å²) in [5, 5.41) is 18.6. The number of anilines is 1.